The summed E-state index contributed by atoms with van der Waals surface area (Å²) in [6.07, 6.45) is 2.66. The first-order valence-corrected chi connectivity index (χ1v) is 7.14. The molecule has 2 heterocycles. The summed E-state index contributed by atoms with van der Waals surface area (Å²) in [5, 5.41) is 5.55. The second kappa shape index (κ2) is 5.96. The van der Waals surface area contributed by atoms with Gasteiger partial charge in [-0.2, -0.15) is 0 Å². The normalized spacial score (nSPS) is 12.7. The fourth-order valence-corrected chi connectivity index (χ4v) is 2.64. The van der Waals surface area contributed by atoms with Crippen molar-refractivity contribution in [2.75, 3.05) is 5.32 Å². The standard InChI is InChI=1S/C14H19N3S/c1-10(2)13-8-14(16-9-15-13)17-11(3)7-12-5-4-6-18-12/h4-6,8-11H,7H2,1-3H3,(H,15,16,17). The Hall–Kier alpha value is -1.42. The van der Waals surface area contributed by atoms with E-state index in [1.807, 2.05) is 6.07 Å². The van der Waals surface area contributed by atoms with Crippen LogP contribution in [0.2, 0.25) is 0 Å². The minimum atomic E-state index is 0.374. The van der Waals surface area contributed by atoms with Crippen molar-refractivity contribution in [3.63, 3.8) is 0 Å². The van der Waals surface area contributed by atoms with Crippen LogP contribution in [0.1, 0.15) is 37.3 Å². The van der Waals surface area contributed by atoms with Crippen molar-refractivity contribution < 1.29 is 0 Å². The minimum absolute atomic E-state index is 0.374. The van der Waals surface area contributed by atoms with Gasteiger partial charge in [-0.15, -0.1) is 11.3 Å². The number of rotatable bonds is 5. The maximum atomic E-state index is 4.27. The quantitative estimate of drug-likeness (QED) is 0.891. The lowest BCUT2D eigenvalue weighted by atomic mass is 10.1. The summed E-state index contributed by atoms with van der Waals surface area (Å²) in [6, 6.07) is 6.67. The molecule has 0 bridgehead atoms. The Bertz CT molecular complexity index is 480. The molecule has 2 rings (SSSR count). The van der Waals surface area contributed by atoms with Gasteiger partial charge in [0.15, 0.2) is 0 Å². The van der Waals surface area contributed by atoms with Gasteiger partial charge in [0.1, 0.15) is 12.1 Å². The Morgan fingerprint density at radius 3 is 2.78 bits per heavy atom. The molecule has 4 heteroatoms. The topological polar surface area (TPSA) is 37.8 Å². The lowest BCUT2D eigenvalue weighted by Crippen LogP contribution is -2.18. The highest BCUT2D eigenvalue weighted by atomic mass is 32.1. The molecule has 96 valence electrons. The lowest BCUT2D eigenvalue weighted by Gasteiger charge is -2.14. The minimum Gasteiger partial charge on any atom is -0.367 e. The van der Waals surface area contributed by atoms with Crippen LogP contribution in [0.15, 0.2) is 29.9 Å². The van der Waals surface area contributed by atoms with E-state index in [1.165, 1.54) is 4.88 Å². The Morgan fingerprint density at radius 2 is 2.11 bits per heavy atom. The van der Waals surface area contributed by atoms with Crippen LogP contribution in [0.4, 0.5) is 5.82 Å². The van der Waals surface area contributed by atoms with Crippen LogP contribution < -0.4 is 5.32 Å². The largest absolute Gasteiger partial charge is 0.367 e. The zero-order chi connectivity index (χ0) is 13.0. The molecule has 0 spiro atoms. The molecule has 1 atom stereocenters. The third-order valence-corrected chi connectivity index (χ3v) is 3.66. The third kappa shape index (κ3) is 3.53. The molecular weight excluding hydrogens is 242 g/mol. The van der Waals surface area contributed by atoms with Crippen molar-refractivity contribution in [1.29, 1.82) is 0 Å². The average Bonchev–Trinajstić information content (AvgIpc) is 2.82. The van der Waals surface area contributed by atoms with E-state index < -0.39 is 0 Å². The second-order valence-corrected chi connectivity index (χ2v) is 5.84. The van der Waals surface area contributed by atoms with E-state index in [0.717, 1.165) is 17.9 Å². The highest BCUT2D eigenvalue weighted by Gasteiger charge is 2.07. The van der Waals surface area contributed by atoms with Crippen LogP contribution >= 0.6 is 11.3 Å². The van der Waals surface area contributed by atoms with Crippen LogP contribution in [-0.2, 0) is 6.42 Å². The van der Waals surface area contributed by atoms with Crippen molar-refractivity contribution in [2.45, 2.75) is 39.2 Å². The molecule has 2 aromatic rings. The molecule has 0 aliphatic carbocycles. The molecule has 0 radical (unpaired) electrons. The first-order chi connectivity index (χ1) is 8.65. The van der Waals surface area contributed by atoms with Crippen LogP contribution in [0.25, 0.3) is 0 Å². The first kappa shape index (κ1) is 13.0. The first-order valence-electron chi connectivity index (χ1n) is 6.26. The molecule has 1 N–H and O–H groups in total. The maximum Gasteiger partial charge on any atom is 0.129 e. The van der Waals surface area contributed by atoms with Crippen LogP contribution in [0.5, 0.6) is 0 Å². The Balaban J connectivity index is 1.98. The molecule has 1 unspecified atom stereocenters. The average molecular weight is 261 g/mol. The zero-order valence-electron chi connectivity index (χ0n) is 11.1. The molecule has 0 amide bonds. The molecule has 0 aromatic carbocycles. The van der Waals surface area contributed by atoms with Crippen molar-refractivity contribution >= 4 is 17.2 Å². The summed E-state index contributed by atoms with van der Waals surface area (Å²) >= 11 is 1.80. The van der Waals surface area contributed by atoms with Crippen molar-refractivity contribution in [1.82, 2.24) is 9.97 Å². The SMILES string of the molecule is CC(Cc1cccs1)Nc1cc(C(C)C)ncn1. The number of thiophene rings is 1. The van der Waals surface area contributed by atoms with Gasteiger partial charge >= 0.3 is 0 Å². The van der Waals surface area contributed by atoms with Crippen molar-refractivity contribution in [3.8, 4) is 0 Å². The van der Waals surface area contributed by atoms with Crippen LogP contribution in [0.3, 0.4) is 0 Å². The predicted molar refractivity (Wildman–Crippen MR) is 77.2 cm³/mol. The molecular formula is C14H19N3S. The lowest BCUT2D eigenvalue weighted by molar-refractivity contribution is 0.781. The van der Waals surface area contributed by atoms with E-state index in [0.29, 0.717) is 12.0 Å². The third-order valence-electron chi connectivity index (χ3n) is 2.76. The number of anilines is 1. The molecule has 0 saturated heterocycles. The van der Waals surface area contributed by atoms with Gasteiger partial charge < -0.3 is 5.32 Å². The monoisotopic (exact) mass is 261 g/mol. The van der Waals surface area contributed by atoms with E-state index >= 15 is 0 Å². The van der Waals surface area contributed by atoms with E-state index in [9.17, 15) is 0 Å². The Labute approximate surface area is 112 Å². The number of nitrogens with zero attached hydrogens (tertiary/aromatic N) is 2. The summed E-state index contributed by atoms with van der Waals surface area (Å²) in [5.41, 5.74) is 1.08. The second-order valence-electron chi connectivity index (χ2n) is 4.81. The fourth-order valence-electron chi connectivity index (χ4n) is 1.80. The summed E-state index contributed by atoms with van der Waals surface area (Å²) in [4.78, 5) is 9.94. The maximum absolute atomic E-state index is 4.27. The fraction of sp³-hybridized carbons (Fsp3) is 0.429. The molecule has 0 saturated carbocycles. The number of hydrogen-bond donors (Lipinski definition) is 1. The number of aromatic nitrogens is 2. The predicted octanol–water partition coefficient (Wildman–Crippen LogP) is 3.70. The summed E-state index contributed by atoms with van der Waals surface area (Å²) in [5.74, 6) is 1.35. The summed E-state index contributed by atoms with van der Waals surface area (Å²) < 4.78 is 0. The molecule has 0 aliphatic heterocycles. The van der Waals surface area contributed by atoms with Gasteiger partial charge in [-0.05, 0) is 24.3 Å². The van der Waals surface area contributed by atoms with Gasteiger partial charge in [0.05, 0.1) is 0 Å². The smallest absolute Gasteiger partial charge is 0.129 e. The Morgan fingerprint density at radius 1 is 1.28 bits per heavy atom. The van der Waals surface area contributed by atoms with E-state index in [4.69, 9.17) is 0 Å². The highest BCUT2D eigenvalue weighted by molar-refractivity contribution is 7.09. The number of hydrogen-bond acceptors (Lipinski definition) is 4. The Kier molecular flexibility index (Phi) is 4.31. The molecule has 0 fully saturated rings. The van der Waals surface area contributed by atoms with Gasteiger partial charge in [0, 0.05) is 29.1 Å². The number of nitrogens with one attached hydrogen (secondary N) is 1. The van der Waals surface area contributed by atoms with Gasteiger partial charge in [0.2, 0.25) is 0 Å². The highest BCUT2D eigenvalue weighted by Crippen LogP contribution is 2.16. The van der Waals surface area contributed by atoms with E-state index in [1.54, 1.807) is 17.7 Å². The van der Waals surface area contributed by atoms with Gasteiger partial charge in [0.25, 0.3) is 0 Å². The molecule has 2 aromatic heterocycles. The van der Waals surface area contributed by atoms with Gasteiger partial charge in [-0.3, -0.25) is 0 Å². The van der Waals surface area contributed by atoms with E-state index in [-0.39, 0.29) is 0 Å². The molecule has 18 heavy (non-hydrogen) atoms. The summed E-state index contributed by atoms with van der Waals surface area (Å²) in [6.45, 7) is 6.46. The van der Waals surface area contributed by atoms with Crippen molar-refractivity contribution in [2.24, 2.45) is 0 Å². The van der Waals surface area contributed by atoms with Crippen molar-refractivity contribution in [3.05, 3.63) is 40.5 Å². The van der Waals surface area contributed by atoms with Gasteiger partial charge in [-0.25, -0.2) is 9.97 Å². The van der Waals surface area contributed by atoms with Crippen LogP contribution in [0, 0.1) is 0 Å². The molecule has 0 aliphatic rings. The van der Waals surface area contributed by atoms with Gasteiger partial charge in [-0.1, -0.05) is 19.9 Å². The van der Waals surface area contributed by atoms with E-state index in [2.05, 4.69) is 53.6 Å². The molecule has 3 nitrogen and oxygen atoms in total. The van der Waals surface area contributed by atoms with Crippen LogP contribution in [-0.4, -0.2) is 16.0 Å². The zero-order valence-corrected chi connectivity index (χ0v) is 11.9. The summed E-state index contributed by atoms with van der Waals surface area (Å²) in [7, 11) is 0.